The fraction of sp³-hybridized carbons (Fsp3) is 0. The first-order chi connectivity index (χ1) is 33.2. The monoisotopic (exact) mass is 849 g/mol. The number of rotatable bonds is 7. The predicted octanol–water partition coefficient (Wildman–Crippen LogP) is 18.7. The Morgan fingerprint density at radius 1 is 0.194 bits per heavy atom. The van der Waals surface area contributed by atoms with Gasteiger partial charge in [-0.15, -0.1) is 0 Å². The van der Waals surface area contributed by atoms with Gasteiger partial charge in [0, 0.05) is 17.1 Å². The summed E-state index contributed by atoms with van der Waals surface area (Å²) >= 11 is 0. The van der Waals surface area contributed by atoms with Crippen LogP contribution in [0, 0.1) is 0 Å². The molecule has 1 nitrogen and oxygen atoms in total. The van der Waals surface area contributed by atoms with Gasteiger partial charge >= 0.3 is 0 Å². The lowest BCUT2D eigenvalue weighted by Gasteiger charge is -2.27. The molecule has 0 fully saturated rings. The highest BCUT2D eigenvalue weighted by atomic mass is 15.1. The average Bonchev–Trinajstić information content (AvgIpc) is 3.41. The third-order valence-electron chi connectivity index (χ3n) is 13.8. The Bertz CT molecular complexity index is 4020. The Morgan fingerprint density at radius 3 is 1.37 bits per heavy atom. The van der Waals surface area contributed by atoms with Crippen LogP contribution < -0.4 is 4.90 Å². The van der Waals surface area contributed by atoms with Crippen molar-refractivity contribution in [2.45, 2.75) is 0 Å². The summed E-state index contributed by atoms with van der Waals surface area (Å²) < 4.78 is 0. The van der Waals surface area contributed by atoms with Crippen LogP contribution in [0.15, 0.2) is 261 Å². The van der Waals surface area contributed by atoms with E-state index in [2.05, 4.69) is 266 Å². The predicted molar refractivity (Wildman–Crippen MR) is 288 cm³/mol. The van der Waals surface area contributed by atoms with Gasteiger partial charge in [-0.3, -0.25) is 0 Å². The standard InChI is InChI=1S/C66H43N/c1-3-17-46(18-4-1)65-62-29-14-13-27-59(62)61-38-34-49(42-64(61)66(65)47-19-5-2-6-20-47)48-22-15-23-53(40-48)67(54-37-39-57-51(41-54)31-30-44-16-7-9-24-55(44)57)52-35-32-45(33-36-52)63-43-50-21-8-10-25-56(50)58-26-11-12-28-60(58)63/h1-43H. The fourth-order valence-electron chi connectivity index (χ4n) is 10.7. The lowest BCUT2D eigenvalue weighted by atomic mass is 9.84. The van der Waals surface area contributed by atoms with Gasteiger partial charge in [-0.1, -0.05) is 212 Å². The average molecular weight is 850 g/mol. The van der Waals surface area contributed by atoms with Crippen LogP contribution in [-0.2, 0) is 0 Å². The van der Waals surface area contributed by atoms with Gasteiger partial charge in [0.15, 0.2) is 0 Å². The number of nitrogens with zero attached hydrogens (tertiary/aromatic N) is 1. The van der Waals surface area contributed by atoms with E-state index in [9.17, 15) is 0 Å². The van der Waals surface area contributed by atoms with Crippen molar-refractivity contribution in [2.24, 2.45) is 0 Å². The van der Waals surface area contributed by atoms with Gasteiger partial charge in [0.1, 0.15) is 0 Å². The molecule has 13 aromatic carbocycles. The molecule has 312 valence electrons. The van der Waals surface area contributed by atoms with Crippen molar-refractivity contribution in [3.05, 3.63) is 261 Å². The Morgan fingerprint density at radius 2 is 0.642 bits per heavy atom. The van der Waals surface area contributed by atoms with Gasteiger partial charge in [0.05, 0.1) is 0 Å². The van der Waals surface area contributed by atoms with Crippen LogP contribution in [0.25, 0.3) is 109 Å². The SMILES string of the molecule is c1ccc(-c2c(-c3ccccc3)c3cc(-c4cccc(N(c5ccc(-c6cc7ccccc7c7ccccc67)cc5)c5ccc6c(ccc7ccccc76)c5)c4)ccc3c3ccccc23)cc1. The molecule has 1 heteroatoms. The van der Waals surface area contributed by atoms with Crippen LogP contribution in [0.5, 0.6) is 0 Å². The first-order valence-electron chi connectivity index (χ1n) is 23.2. The molecule has 0 atom stereocenters. The largest absolute Gasteiger partial charge is 0.310 e. The van der Waals surface area contributed by atoms with Gasteiger partial charge in [-0.05, 0) is 158 Å². The Kier molecular flexibility index (Phi) is 9.25. The molecule has 13 aromatic rings. The molecule has 0 N–H and O–H groups in total. The summed E-state index contributed by atoms with van der Waals surface area (Å²) in [6.07, 6.45) is 0. The summed E-state index contributed by atoms with van der Waals surface area (Å²) in [5.74, 6) is 0. The van der Waals surface area contributed by atoms with Crippen molar-refractivity contribution >= 4 is 81.7 Å². The number of fused-ring (bicyclic) bond motifs is 9. The molecule has 0 amide bonds. The van der Waals surface area contributed by atoms with E-state index in [-0.39, 0.29) is 0 Å². The highest BCUT2D eigenvalue weighted by molar-refractivity contribution is 6.22. The molecule has 67 heavy (non-hydrogen) atoms. The van der Waals surface area contributed by atoms with Crippen molar-refractivity contribution in [1.29, 1.82) is 0 Å². The van der Waals surface area contributed by atoms with Gasteiger partial charge < -0.3 is 4.90 Å². The van der Waals surface area contributed by atoms with E-state index in [0.29, 0.717) is 0 Å². The van der Waals surface area contributed by atoms with Gasteiger partial charge in [0.2, 0.25) is 0 Å². The minimum Gasteiger partial charge on any atom is -0.310 e. The second-order valence-electron chi connectivity index (χ2n) is 17.6. The van der Waals surface area contributed by atoms with Crippen molar-refractivity contribution in [2.75, 3.05) is 4.90 Å². The van der Waals surface area contributed by atoms with Crippen LogP contribution in [0.2, 0.25) is 0 Å². The minimum absolute atomic E-state index is 1.09. The Hall–Kier alpha value is -8.78. The number of anilines is 3. The van der Waals surface area contributed by atoms with Crippen LogP contribution in [-0.4, -0.2) is 0 Å². The molecule has 0 unspecified atom stereocenters. The maximum atomic E-state index is 2.42. The van der Waals surface area contributed by atoms with Crippen LogP contribution in [0.1, 0.15) is 0 Å². The quantitative estimate of drug-likeness (QED) is 0.144. The highest BCUT2D eigenvalue weighted by Gasteiger charge is 2.20. The summed E-state index contributed by atoms with van der Waals surface area (Å²) in [5, 5.41) is 15.0. The van der Waals surface area contributed by atoms with Crippen molar-refractivity contribution < 1.29 is 0 Å². The Balaban J connectivity index is 0.990. The van der Waals surface area contributed by atoms with Crippen LogP contribution in [0.4, 0.5) is 17.1 Å². The highest BCUT2D eigenvalue weighted by Crippen LogP contribution is 2.47. The maximum absolute atomic E-state index is 2.42. The lowest BCUT2D eigenvalue weighted by molar-refractivity contribution is 1.29. The summed E-state index contributed by atoms with van der Waals surface area (Å²) in [6, 6.07) is 95.9. The molecule has 0 bridgehead atoms. The summed E-state index contributed by atoms with van der Waals surface area (Å²) in [4.78, 5) is 2.41. The molecule has 0 heterocycles. The van der Waals surface area contributed by atoms with Gasteiger partial charge in [-0.25, -0.2) is 0 Å². The van der Waals surface area contributed by atoms with E-state index in [1.54, 1.807) is 0 Å². The molecule has 13 rings (SSSR count). The molecular weight excluding hydrogens is 807 g/mol. The smallest absolute Gasteiger partial charge is 0.0468 e. The zero-order valence-electron chi connectivity index (χ0n) is 36.8. The lowest BCUT2D eigenvalue weighted by Crippen LogP contribution is -2.10. The van der Waals surface area contributed by atoms with E-state index in [0.717, 1.165) is 22.6 Å². The van der Waals surface area contributed by atoms with Crippen LogP contribution in [0.3, 0.4) is 0 Å². The first kappa shape index (κ1) is 38.7. The van der Waals surface area contributed by atoms with Crippen molar-refractivity contribution in [1.82, 2.24) is 0 Å². The van der Waals surface area contributed by atoms with Crippen LogP contribution >= 0.6 is 0 Å². The van der Waals surface area contributed by atoms with E-state index < -0.39 is 0 Å². The zero-order valence-corrected chi connectivity index (χ0v) is 36.8. The van der Waals surface area contributed by atoms with Crippen molar-refractivity contribution in [3.8, 4) is 44.5 Å². The van der Waals surface area contributed by atoms with E-state index in [4.69, 9.17) is 0 Å². The number of benzene rings is 13. The van der Waals surface area contributed by atoms with E-state index in [1.807, 2.05) is 0 Å². The van der Waals surface area contributed by atoms with Crippen molar-refractivity contribution in [3.63, 3.8) is 0 Å². The third kappa shape index (κ3) is 6.63. The zero-order chi connectivity index (χ0) is 44.3. The van der Waals surface area contributed by atoms with Gasteiger partial charge in [-0.2, -0.15) is 0 Å². The number of hydrogen-bond donors (Lipinski definition) is 0. The molecule has 0 aliphatic rings. The van der Waals surface area contributed by atoms with Gasteiger partial charge in [0.25, 0.3) is 0 Å². The topological polar surface area (TPSA) is 3.24 Å². The summed E-state index contributed by atoms with van der Waals surface area (Å²) in [5.41, 5.74) is 13.0. The minimum atomic E-state index is 1.09. The second kappa shape index (κ2) is 16.0. The molecule has 0 aliphatic carbocycles. The van der Waals surface area contributed by atoms with E-state index in [1.165, 1.54) is 104 Å². The first-order valence-corrected chi connectivity index (χ1v) is 23.2. The molecule has 0 aromatic heterocycles. The maximum Gasteiger partial charge on any atom is 0.0468 e. The van der Waals surface area contributed by atoms with E-state index >= 15 is 0 Å². The molecule has 0 aliphatic heterocycles. The molecule has 0 saturated carbocycles. The Labute approximate surface area is 390 Å². The fourth-order valence-corrected chi connectivity index (χ4v) is 10.7. The molecular formula is C66H43N. The molecule has 0 spiro atoms. The number of hydrogen-bond acceptors (Lipinski definition) is 1. The second-order valence-corrected chi connectivity index (χ2v) is 17.6. The summed E-state index contributed by atoms with van der Waals surface area (Å²) in [6.45, 7) is 0. The third-order valence-corrected chi connectivity index (χ3v) is 13.8. The molecule has 0 radical (unpaired) electrons. The normalized spacial score (nSPS) is 11.6. The molecule has 0 saturated heterocycles. The summed E-state index contributed by atoms with van der Waals surface area (Å²) in [7, 11) is 0.